The molecule has 1 aromatic carbocycles. The van der Waals surface area contributed by atoms with Crippen LogP contribution in [0.15, 0.2) is 30.5 Å². The van der Waals surface area contributed by atoms with Gasteiger partial charge in [0.15, 0.2) is 5.78 Å². The first-order chi connectivity index (χ1) is 23.1. The van der Waals surface area contributed by atoms with Crippen LogP contribution in [-0.2, 0) is 35.2 Å². The number of unbranched alkanes of at least 4 members (excludes halogenated alkanes) is 1. The summed E-state index contributed by atoms with van der Waals surface area (Å²) < 4.78 is 0. The van der Waals surface area contributed by atoms with Crippen molar-refractivity contribution in [2.24, 2.45) is 17.6 Å². The number of para-hydroxylation sites is 1. The number of rotatable bonds is 20. The minimum atomic E-state index is -1.49. The molecule has 0 bridgehead atoms. The van der Waals surface area contributed by atoms with Crippen molar-refractivity contribution in [2.75, 3.05) is 13.2 Å². The number of carbonyl (C=O) groups is 6. The first-order valence-electron chi connectivity index (χ1n) is 16.7. The normalized spacial score (nSPS) is 15.1. The van der Waals surface area contributed by atoms with Gasteiger partial charge in [-0.05, 0) is 50.3 Å². The number of nitrogens with two attached hydrogens (primary N) is 1. The molecule has 2 aromatic rings. The zero-order valence-corrected chi connectivity index (χ0v) is 29.2. The number of fused-ring (bicyclic) bond motifs is 1. The van der Waals surface area contributed by atoms with E-state index in [1.807, 2.05) is 24.3 Å². The Bertz CT molecular complexity index is 1440. The maximum Gasteiger partial charge on any atom is 0.245 e. The third kappa shape index (κ3) is 12.2. The molecule has 15 nitrogen and oxygen atoms in total. The summed E-state index contributed by atoms with van der Waals surface area (Å²) in [5.74, 6) is -4.83. The summed E-state index contributed by atoms with van der Waals surface area (Å²) in [5.41, 5.74) is 7.19. The largest absolute Gasteiger partial charge is 0.394 e. The maximum absolute atomic E-state index is 13.5. The van der Waals surface area contributed by atoms with Crippen LogP contribution in [0.2, 0.25) is 0 Å². The molecule has 0 fully saturated rings. The second-order valence-corrected chi connectivity index (χ2v) is 12.9. The molecule has 5 amide bonds. The number of aromatic nitrogens is 1. The van der Waals surface area contributed by atoms with E-state index in [2.05, 4.69) is 31.6 Å². The molecule has 49 heavy (non-hydrogen) atoms. The minimum absolute atomic E-state index is 0.169. The Balaban J connectivity index is 2.18. The summed E-state index contributed by atoms with van der Waals surface area (Å²) in [6.07, 6.45) is 1.96. The third-order valence-electron chi connectivity index (χ3n) is 8.09. The van der Waals surface area contributed by atoms with Crippen molar-refractivity contribution in [1.29, 1.82) is 0 Å². The molecule has 0 unspecified atom stereocenters. The van der Waals surface area contributed by atoms with Crippen LogP contribution >= 0.6 is 0 Å². The Labute approximate surface area is 286 Å². The third-order valence-corrected chi connectivity index (χ3v) is 8.09. The van der Waals surface area contributed by atoms with Crippen LogP contribution in [0.1, 0.15) is 66.4 Å². The lowest BCUT2D eigenvalue weighted by atomic mass is 9.95. The highest BCUT2D eigenvalue weighted by Crippen LogP contribution is 2.20. The van der Waals surface area contributed by atoms with Gasteiger partial charge in [-0.3, -0.25) is 28.8 Å². The van der Waals surface area contributed by atoms with E-state index in [0.29, 0.717) is 19.4 Å². The lowest BCUT2D eigenvalue weighted by molar-refractivity contribution is -0.137. The van der Waals surface area contributed by atoms with Crippen molar-refractivity contribution < 1.29 is 39.0 Å². The smallest absolute Gasteiger partial charge is 0.245 e. The number of aromatic amines is 1. The number of benzene rings is 1. The zero-order valence-electron chi connectivity index (χ0n) is 29.2. The van der Waals surface area contributed by atoms with Gasteiger partial charge >= 0.3 is 0 Å². The highest BCUT2D eigenvalue weighted by atomic mass is 16.3. The van der Waals surface area contributed by atoms with E-state index in [-0.39, 0.29) is 18.6 Å². The quantitative estimate of drug-likeness (QED) is 0.0817. The lowest BCUT2D eigenvalue weighted by Gasteiger charge is -2.29. The van der Waals surface area contributed by atoms with E-state index in [1.54, 1.807) is 33.9 Å². The standard InChI is InChI=1S/C34H53N7O8/c1-18(2)28(40-32(47)27(17-42)39-31(46)25(37-21(6)44)13-9-10-14-35)33(48)41-29(20(5)43)34(49)38-26(30(45)19(3)4)15-22-16-36-24-12-8-7-11-23(22)24/h7-8,11-12,16,18-20,25-29,36,42-43H,9-10,13-15,17,35H2,1-6H3,(H,37,44)(H,38,49)(H,39,46)(H,40,47)(H,41,48)/t20-,25+,26+,27+,28+,29+/m1/s1. The van der Waals surface area contributed by atoms with Crippen molar-refractivity contribution in [3.8, 4) is 0 Å². The predicted octanol–water partition coefficient (Wildman–Crippen LogP) is -0.462. The molecular weight excluding hydrogens is 634 g/mol. The molecule has 0 aliphatic carbocycles. The first kappa shape index (κ1) is 40.8. The molecular formula is C34H53N7O8. The topological polar surface area (TPSA) is 245 Å². The minimum Gasteiger partial charge on any atom is -0.394 e. The second kappa shape index (κ2) is 19.6. The fraction of sp³-hybridized carbons (Fsp3) is 0.588. The Morgan fingerprint density at radius 1 is 0.776 bits per heavy atom. The number of aliphatic hydroxyl groups excluding tert-OH is 2. The van der Waals surface area contributed by atoms with Gasteiger partial charge < -0.3 is 47.5 Å². The van der Waals surface area contributed by atoms with E-state index in [0.717, 1.165) is 16.5 Å². The number of ketones is 1. The molecule has 15 heteroatoms. The van der Waals surface area contributed by atoms with Crippen molar-refractivity contribution in [3.63, 3.8) is 0 Å². The average Bonchev–Trinajstić information content (AvgIpc) is 3.45. The number of Topliss-reactive ketones (excluding diaryl/α,β-unsaturated/α-hetero) is 1. The van der Waals surface area contributed by atoms with Crippen LogP contribution in [0.5, 0.6) is 0 Å². The molecule has 0 saturated heterocycles. The van der Waals surface area contributed by atoms with Crippen molar-refractivity contribution in [3.05, 3.63) is 36.0 Å². The molecule has 272 valence electrons. The number of carbonyl (C=O) groups excluding carboxylic acids is 6. The number of amides is 5. The Hall–Kier alpha value is -4.34. The van der Waals surface area contributed by atoms with Gasteiger partial charge in [0.25, 0.3) is 0 Å². The van der Waals surface area contributed by atoms with E-state index in [1.165, 1.54) is 13.8 Å². The SMILES string of the molecule is CC(=O)N[C@@H](CCCCN)C(=O)N[C@@H](CO)C(=O)N[C@H](C(=O)N[C@H](C(=O)N[C@@H](Cc1c[nH]c2ccccc12)C(=O)C(C)C)[C@@H](C)O)C(C)C. The fourth-order valence-electron chi connectivity index (χ4n) is 5.32. The van der Waals surface area contributed by atoms with Gasteiger partial charge in [-0.25, -0.2) is 0 Å². The molecule has 0 spiro atoms. The second-order valence-electron chi connectivity index (χ2n) is 12.9. The van der Waals surface area contributed by atoms with Crippen LogP contribution < -0.4 is 32.3 Å². The highest BCUT2D eigenvalue weighted by Gasteiger charge is 2.35. The van der Waals surface area contributed by atoms with Gasteiger partial charge in [-0.15, -0.1) is 0 Å². The Morgan fingerprint density at radius 3 is 1.94 bits per heavy atom. The average molecular weight is 688 g/mol. The van der Waals surface area contributed by atoms with Gasteiger partial charge in [0, 0.05) is 36.4 Å². The van der Waals surface area contributed by atoms with Crippen molar-refractivity contribution in [2.45, 2.75) is 104 Å². The monoisotopic (exact) mass is 687 g/mol. The van der Waals surface area contributed by atoms with Gasteiger partial charge in [0.2, 0.25) is 29.5 Å². The Morgan fingerprint density at radius 2 is 1.37 bits per heavy atom. The molecule has 2 rings (SSSR count). The molecule has 0 saturated carbocycles. The van der Waals surface area contributed by atoms with Crippen molar-refractivity contribution in [1.82, 2.24) is 31.6 Å². The first-order valence-corrected chi connectivity index (χ1v) is 16.7. The zero-order chi connectivity index (χ0) is 36.8. The predicted molar refractivity (Wildman–Crippen MR) is 184 cm³/mol. The number of hydrogen-bond donors (Lipinski definition) is 9. The summed E-state index contributed by atoms with van der Waals surface area (Å²) >= 11 is 0. The summed E-state index contributed by atoms with van der Waals surface area (Å²) in [4.78, 5) is 81.1. The summed E-state index contributed by atoms with van der Waals surface area (Å²) in [6, 6.07) is 1.40. The molecule has 1 heterocycles. The van der Waals surface area contributed by atoms with Gasteiger partial charge in [-0.2, -0.15) is 0 Å². The number of aliphatic hydroxyl groups is 2. The summed E-state index contributed by atoms with van der Waals surface area (Å²) in [5, 5.41) is 34.0. The molecule has 10 N–H and O–H groups in total. The molecule has 1 aromatic heterocycles. The van der Waals surface area contributed by atoms with Crippen LogP contribution in [0.3, 0.4) is 0 Å². The van der Waals surface area contributed by atoms with Gasteiger partial charge in [0.1, 0.15) is 24.2 Å². The molecule has 0 aliphatic rings. The number of nitrogens with one attached hydrogen (secondary N) is 6. The lowest BCUT2D eigenvalue weighted by Crippen LogP contribution is -2.62. The summed E-state index contributed by atoms with van der Waals surface area (Å²) in [7, 11) is 0. The van der Waals surface area contributed by atoms with Crippen LogP contribution in [0, 0.1) is 11.8 Å². The maximum atomic E-state index is 13.5. The van der Waals surface area contributed by atoms with E-state index < -0.39 is 84.3 Å². The van der Waals surface area contributed by atoms with Crippen LogP contribution in [-0.4, -0.2) is 100.0 Å². The molecule has 6 atom stereocenters. The number of H-pyrrole nitrogens is 1. The van der Waals surface area contributed by atoms with Crippen LogP contribution in [0.4, 0.5) is 0 Å². The molecule has 0 aliphatic heterocycles. The van der Waals surface area contributed by atoms with E-state index in [4.69, 9.17) is 5.73 Å². The van der Waals surface area contributed by atoms with Crippen LogP contribution in [0.25, 0.3) is 10.9 Å². The fourth-order valence-corrected chi connectivity index (χ4v) is 5.32. The van der Waals surface area contributed by atoms with Crippen molar-refractivity contribution >= 4 is 46.2 Å². The van der Waals surface area contributed by atoms with Gasteiger partial charge in [0.05, 0.1) is 18.8 Å². The van der Waals surface area contributed by atoms with Gasteiger partial charge in [-0.1, -0.05) is 45.9 Å². The van der Waals surface area contributed by atoms with E-state index >= 15 is 0 Å². The highest BCUT2D eigenvalue weighted by molar-refractivity contribution is 5.97. The molecule has 0 radical (unpaired) electrons. The Kier molecular flexibility index (Phi) is 16.3. The number of hydrogen-bond acceptors (Lipinski definition) is 9. The summed E-state index contributed by atoms with van der Waals surface area (Å²) in [6.45, 7) is 8.85. The van der Waals surface area contributed by atoms with E-state index in [9.17, 15) is 39.0 Å².